The monoisotopic (exact) mass is 375 g/mol. The number of hydrogen-bond acceptors (Lipinski definition) is 3. The van der Waals surface area contributed by atoms with Crippen molar-refractivity contribution in [1.82, 2.24) is 14.1 Å². The minimum atomic E-state index is -0.427. The maximum absolute atomic E-state index is 11.4. The number of benzene rings is 1. The van der Waals surface area contributed by atoms with Crippen molar-refractivity contribution in [2.24, 2.45) is 0 Å². The van der Waals surface area contributed by atoms with Crippen LogP contribution in [0.2, 0.25) is 10.0 Å². The van der Waals surface area contributed by atoms with E-state index in [-0.39, 0.29) is 6.04 Å². The molecule has 0 radical (unpaired) electrons. The van der Waals surface area contributed by atoms with E-state index < -0.39 is 5.97 Å². The van der Waals surface area contributed by atoms with E-state index >= 15 is 0 Å². The number of methoxy groups -OCH3 is 1. The Morgan fingerprint density at radius 2 is 2.12 bits per heavy atom. The summed E-state index contributed by atoms with van der Waals surface area (Å²) in [5, 5.41) is 1.12. The first-order valence-corrected chi connectivity index (χ1v) is 8.21. The average Bonchev–Trinajstić information content (AvgIpc) is 3.27. The number of ether oxygens (including phenoxy) is 1. The summed E-state index contributed by atoms with van der Waals surface area (Å²) in [7, 11) is 1.34. The molecule has 25 heavy (non-hydrogen) atoms. The molecule has 0 aliphatic carbocycles. The van der Waals surface area contributed by atoms with E-state index in [1.165, 1.54) is 13.2 Å². The number of hydrogen-bond donors (Lipinski definition) is 0. The molecule has 0 bridgehead atoms. The van der Waals surface area contributed by atoms with Gasteiger partial charge in [0.1, 0.15) is 6.04 Å². The molecule has 2 aromatic heterocycles. The Hall–Kier alpha value is -2.50. The summed E-state index contributed by atoms with van der Waals surface area (Å²) in [6.07, 6.45) is 10.1. The van der Waals surface area contributed by atoms with Crippen molar-refractivity contribution in [3.8, 4) is 0 Å². The first-order chi connectivity index (χ1) is 12.1. The smallest absolute Gasteiger partial charge is 0.331 e. The van der Waals surface area contributed by atoms with Crippen molar-refractivity contribution in [3.05, 3.63) is 82.6 Å². The largest absolute Gasteiger partial charge is 0.466 e. The fourth-order valence-corrected chi connectivity index (χ4v) is 3.11. The SMILES string of the molecule is COC(=O)/C=C\n1cccc1C(c1ccc(Cl)cc1Cl)n1ccnc1. The van der Waals surface area contributed by atoms with E-state index in [0.29, 0.717) is 10.0 Å². The summed E-state index contributed by atoms with van der Waals surface area (Å²) in [5.41, 5.74) is 1.78. The maximum atomic E-state index is 11.4. The van der Waals surface area contributed by atoms with Crippen molar-refractivity contribution in [2.45, 2.75) is 6.04 Å². The van der Waals surface area contributed by atoms with Gasteiger partial charge >= 0.3 is 5.97 Å². The zero-order valence-electron chi connectivity index (χ0n) is 13.3. The van der Waals surface area contributed by atoms with Gasteiger partial charge in [0.05, 0.1) is 13.4 Å². The highest BCUT2D eigenvalue weighted by molar-refractivity contribution is 6.35. The first kappa shape index (κ1) is 17.3. The van der Waals surface area contributed by atoms with E-state index in [1.807, 2.05) is 39.7 Å². The third-order valence-electron chi connectivity index (χ3n) is 3.74. The quantitative estimate of drug-likeness (QED) is 0.494. The normalized spacial score (nSPS) is 12.4. The molecule has 0 spiro atoms. The molecule has 0 N–H and O–H groups in total. The molecule has 0 aliphatic heterocycles. The summed E-state index contributed by atoms with van der Waals surface area (Å²) in [4.78, 5) is 15.5. The second-order valence-electron chi connectivity index (χ2n) is 5.26. The van der Waals surface area contributed by atoms with Crippen molar-refractivity contribution in [1.29, 1.82) is 0 Å². The van der Waals surface area contributed by atoms with Gasteiger partial charge in [0.2, 0.25) is 0 Å². The Bertz CT molecular complexity index is 901. The zero-order valence-corrected chi connectivity index (χ0v) is 14.9. The molecule has 3 aromatic rings. The number of rotatable bonds is 5. The van der Waals surface area contributed by atoms with E-state index in [2.05, 4.69) is 9.72 Å². The summed E-state index contributed by atoms with van der Waals surface area (Å²) in [6.45, 7) is 0. The Kier molecular flexibility index (Phi) is 5.26. The van der Waals surface area contributed by atoms with Gasteiger partial charge < -0.3 is 13.9 Å². The number of carbonyl (C=O) groups is 1. The number of imidazole rings is 1. The Morgan fingerprint density at radius 1 is 1.28 bits per heavy atom. The van der Waals surface area contributed by atoms with Gasteiger partial charge in [-0.25, -0.2) is 9.78 Å². The second-order valence-corrected chi connectivity index (χ2v) is 6.10. The fourth-order valence-electron chi connectivity index (χ4n) is 2.60. The van der Waals surface area contributed by atoms with Crippen LogP contribution in [0.25, 0.3) is 6.20 Å². The maximum Gasteiger partial charge on any atom is 0.331 e. The molecule has 1 unspecified atom stereocenters. The average molecular weight is 376 g/mol. The Morgan fingerprint density at radius 3 is 2.80 bits per heavy atom. The van der Waals surface area contributed by atoms with Gasteiger partial charge in [-0.2, -0.15) is 0 Å². The van der Waals surface area contributed by atoms with Gasteiger partial charge in [0, 0.05) is 46.6 Å². The zero-order chi connectivity index (χ0) is 17.8. The first-order valence-electron chi connectivity index (χ1n) is 7.45. The number of nitrogens with zero attached hydrogens (tertiary/aromatic N) is 3. The predicted molar refractivity (Wildman–Crippen MR) is 97.7 cm³/mol. The lowest BCUT2D eigenvalue weighted by atomic mass is 10.0. The molecular formula is C18H15Cl2N3O2. The van der Waals surface area contributed by atoms with Crippen LogP contribution in [0.1, 0.15) is 17.3 Å². The van der Waals surface area contributed by atoms with Gasteiger partial charge in [-0.3, -0.25) is 0 Å². The molecule has 128 valence electrons. The van der Waals surface area contributed by atoms with Crippen LogP contribution in [0.15, 0.2) is 61.3 Å². The van der Waals surface area contributed by atoms with Crippen LogP contribution in [0, 0.1) is 0 Å². The number of esters is 1. The van der Waals surface area contributed by atoms with Gasteiger partial charge in [-0.05, 0) is 29.8 Å². The molecule has 0 aliphatic rings. The molecule has 7 heteroatoms. The molecule has 0 saturated carbocycles. The molecule has 0 saturated heterocycles. The van der Waals surface area contributed by atoms with Crippen LogP contribution >= 0.6 is 23.2 Å². The van der Waals surface area contributed by atoms with Gasteiger partial charge in [0.15, 0.2) is 0 Å². The van der Waals surface area contributed by atoms with Crippen LogP contribution in [-0.2, 0) is 9.53 Å². The van der Waals surface area contributed by atoms with E-state index in [4.69, 9.17) is 23.2 Å². The lowest BCUT2D eigenvalue weighted by Gasteiger charge is -2.21. The second kappa shape index (κ2) is 7.59. The third-order valence-corrected chi connectivity index (χ3v) is 4.31. The highest BCUT2D eigenvalue weighted by atomic mass is 35.5. The minimum Gasteiger partial charge on any atom is -0.466 e. The fraction of sp³-hybridized carbons (Fsp3) is 0.111. The topological polar surface area (TPSA) is 49.0 Å². The lowest BCUT2D eigenvalue weighted by molar-refractivity contribution is -0.134. The molecule has 0 fully saturated rings. The van der Waals surface area contributed by atoms with E-state index in [9.17, 15) is 4.79 Å². The third kappa shape index (κ3) is 3.78. The summed E-state index contributed by atoms with van der Waals surface area (Å²) in [6, 6.07) is 9.01. The van der Waals surface area contributed by atoms with Crippen molar-refractivity contribution in [3.63, 3.8) is 0 Å². The highest BCUT2D eigenvalue weighted by Gasteiger charge is 2.21. The summed E-state index contributed by atoms with van der Waals surface area (Å²) < 4.78 is 8.43. The minimum absolute atomic E-state index is 0.232. The number of aromatic nitrogens is 3. The summed E-state index contributed by atoms with van der Waals surface area (Å²) >= 11 is 12.5. The Balaban J connectivity index is 2.10. The molecule has 1 aromatic carbocycles. The van der Waals surface area contributed by atoms with Gasteiger partial charge in [-0.15, -0.1) is 0 Å². The molecule has 3 rings (SSSR count). The van der Waals surface area contributed by atoms with Crippen LogP contribution in [0.3, 0.4) is 0 Å². The standard InChI is InChI=1S/C18H15Cl2N3O2/c1-25-17(24)6-9-22-8-2-3-16(22)18(23-10-7-21-12-23)14-5-4-13(19)11-15(14)20/h2-12,18H,1H3/b9-6-. The van der Waals surface area contributed by atoms with Gasteiger partial charge in [0.25, 0.3) is 0 Å². The highest BCUT2D eigenvalue weighted by Crippen LogP contribution is 2.33. The summed E-state index contributed by atoms with van der Waals surface area (Å²) in [5.74, 6) is -0.427. The van der Waals surface area contributed by atoms with E-state index in [0.717, 1.165) is 11.3 Å². The van der Waals surface area contributed by atoms with Gasteiger partial charge in [-0.1, -0.05) is 29.3 Å². The molecule has 2 heterocycles. The number of halogens is 2. The molecule has 5 nitrogen and oxygen atoms in total. The number of carbonyl (C=O) groups excluding carboxylic acids is 1. The lowest BCUT2D eigenvalue weighted by Crippen LogP contribution is -2.14. The van der Waals surface area contributed by atoms with Crippen LogP contribution in [-0.4, -0.2) is 27.2 Å². The molecule has 0 amide bonds. The van der Waals surface area contributed by atoms with Crippen molar-refractivity contribution < 1.29 is 9.53 Å². The Labute approximate surface area is 155 Å². The van der Waals surface area contributed by atoms with Crippen LogP contribution in [0.5, 0.6) is 0 Å². The van der Waals surface area contributed by atoms with Crippen molar-refractivity contribution >= 4 is 35.4 Å². The predicted octanol–water partition coefficient (Wildman–Crippen LogP) is 4.27. The van der Waals surface area contributed by atoms with Crippen molar-refractivity contribution in [2.75, 3.05) is 7.11 Å². The van der Waals surface area contributed by atoms with E-state index in [1.54, 1.807) is 30.9 Å². The van der Waals surface area contributed by atoms with Crippen LogP contribution in [0.4, 0.5) is 0 Å². The molecule has 1 atom stereocenters. The van der Waals surface area contributed by atoms with Crippen LogP contribution < -0.4 is 0 Å². The molecular weight excluding hydrogens is 361 g/mol.